The van der Waals surface area contributed by atoms with Crippen molar-refractivity contribution in [2.24, 2.45) is 0 Å². The lowest BCUT2D eigenvalue weighted by Crippen LogP contribution is -2.20. The topological polar surface area (TPSA) is 80.9 Å². The van der Waals surface area contributed by atoms with E-state index in [0.717, 1.165) is 5.56 Å². The molecule has 1 heterocycles. The Morgan fingerprint density at radius 3 is 2.80 bits per heavy atom. The second-order valence-corrected chi connectivity index (χ2v) is 5.78. The van der Waals surface area contributed by atoms with E-state index in [1.54, 1.807) is 12.1 Å². The maximum absolute atomic E-state index is 12.2. The van der Waals surface area contributed by atoms with Crippen LogP contribution in [0.5, 0.6) is 0 Å². The summed E-state index contributed by atoms with van der Waals surface area (Å²) in [6.45, 7) is 1.81. The molecule has 0 aliphatic carbocycles. The number of aromatic nitrogens is 2. The van der Waals surface area contributed by atoms with Crippen LogP contribution in [0.2, 0.25) is 0 Å². The summed E-state index contributed by atoms with van der Waals surface area (Å²) in [5, 5.41) is 2.73. The van der Waals surface area contributed by atoms with Crippen molar-refractivity contribution < 1.29 is 4.79 Å². The standard InChI is InChI=1S/C13H12Br2N4O/c1-7(8-3-2-4-9(16)5-8)13(20)19-12-11(15)18-10(14)6-17-12/h2-7H,16H2,1H3,(H,17,19,20). The number of rotatable bonds is 3. The van der Waals surface area contributed by atoms with Gasteiger partial charge in [-0.25, -0.2) is 9.97 Å². The summed E-state index contributed by atoms with van der Waals surface area (Å²) in [6.07, 6.45) is 1.52. The van der Waals surface area contributed by atoms with Crippen molar-refractivity contribution in [1.29, 1.82) is 0 Å². The first-order chi connectivity index (χ1) is 9.47. The summed E-state index contributed by atoms with van der Waals surface area (Å²) in [5.41, 5.74) is 7.21. The van der Waals surface area contributed by atoms with E-state index in [4.69, 9.17) is 5.73 Å². The molecule has 20 heavy (non-hydrogen) atoms. The number of halogens is 2. The molecule has 0 fully saturated rings. The minimum atomic E-state index is -0.337. The van der Waals surface area contributed by atoms with Crippen LogP contribution in [0.1, 0.15) is 18.4 Å². The maximum Gasteiger partial charge on any atom is 0.232 e. The second kappa shape index (κ2) is 6.32. The van der Waals surface area contributed by atoms with Crippen LogP contribution in [-0.2, 0) is 4.79 Å². The molecule has 0 bridgehead atoms. The number of carbonyl (C=O) groups is 1. The number of anilines is 2. The van der Waals surface area contributed by atoms with Crippen LogP contribution in [-0.4, -0.2) is 15.9 Å². The second-order valence-electron chi connectivity index (χ2n) is 4.21. The van der Waals surface area contributed by atoms with Gasteiger partial charge in [0.2, 0.25) is 5.91 Å². The van der Waals surface area contributed by atoms with Crippen LogP contribution in [0.15, 0.2) is 39.7 Å². The number of nitrogens with two attached hydrogens (primary N) is 1. The van der Waals surface area contributed by atoms with Crippen molar-refractivity contribution in [3.63, 3.8) is 0 Å². The predicted molar refractivity (Wildman–Crippen MR) is 85.3 cm³/mol. The first-order valence-corrected chi connectivity index (χ1v) is 7.40. The first kappa shape index (κ1) is 14.9. The Kier molecular flexibility index (Phi) is 4.72. The van der Waals surface area contributed by atoms with E-state index < -0.39 is 0 Å². The van der Waals surface area contributed by atoms with Crippen molar-refractivity contribution in [2.45, 2.75) is 12.8 Å². The van der Waals surface area contributed by atoms with E-state index in [0.29, 0.717) is 20.7 Å². The van der Waals surface area contributed by atoms with Gasteiger partial charge < -0.3 is 11.1 Å². The molecule has 7 heteroatoms. The van der Waals surface area contributed by atoms with E-state index in [1.807, 2.05) is 19.1 Å². The molecule has 0 saturated heterocycles. The zero-order valence-corrected chi connectivity index (χ0v) is 13.8. The third-order valence-electron chi connectivity index (χ3n) is 2.75. The summed E-state index contributed by atoms with van der Waals surface area (Å²) in [6, 6.07) is 7.25. The van der Waals surface area contributed by atoms with Crippen LogP contribution in [0.3, 0.4) is 0 Å². The zero-order chi connectivity index (χ0) is 14.7. The van der Waals surface area contributed by atoms with E-state index in [-0.39, 0.29) is 11.8 Å². The Bertz CT molecular complexity index is 648. The van der Waals surface area contributed by atoms with Gasteiger partial charge >= 0.3 is 0 Å². The van der Waals surface area contributed by atoms with Crippen LogP contribution >= 0.6 is 31.9 Å². The molecule has 0 aliphatic rings. The van der Waals surface area contributed by atoms with Crippen LogP contribution < -0.4 is 11.1 Å². The van der Waals surface area contributed by atoms with Crippen molar-refractivity contribution in [3.05, 3.63) is 45.2 Å². The lowest BCUT2D eigenvalue weighted by atomic mass is 10.00. The summed E-state index contributed by atoms with van der Waals surface area (Å²) in [5.74, 6) is -0.127. The number of amides is 1. The number of nitrogen functional groups attached to an aromatic ring is 1. The van der Waals surface area contributed by atoms with Gasteiger partial charge in [-0.05, 0) is 56.5 Å². The quantitative estimate of drug-likeness (QED) is 0.775. The molecule has 0 saturated carbocycles. The lowest BCUT2D eigenvalue weighted by Gasteiger charge is -2.13. The highest BCUT2D eigenvalue weighted by molar-refractivity contribution is 9.11. The normalized spacial score (nSPS) is 11.9. The monoisotopic (exact) mass is 398 g/mol. The number of nitrogens with zero attached hydrogens (tertiary/aromatic N) is 2. The molecule has 104 valence electrons. The third-order valence-corrected chi connectivity index (χ3v) is 3.68. The molecule has 2 rings (SSSR count). The van der Waals surface area contributed by atoms with Crippen molar-refractivity contribution in [3.8, 4) is 0 Å². The van der Waals surface area contributed by atoms with Gasteiger partial charge in [-0.15, -0.1) is 0 Å². The van der Waals surface area contributed by atoms with E-state index in [1.165, 1.54) is 6.20 Å². The molecule has 5 nitrogen and oxygen atoms in total. The minimum Gasteiger partial charge on any atom is -0.399 e. The van der Waals surface area contributed by atoms with E-state index in [9.17, 15) is 4.79 Å². The molecule has 1 unspecified atom stereocenters. The van der Waals surface area contributed by atoms with E-state index >= 15 is 0 Å². The molecular weight excluding hydrogens is 388 g/mol. The van der Waals surface area contributed by atoms with Crippen molar-refractivity contribution in [2.75, 3.05) is 11.1 Å². The summed E-state index contributed by atoms with van der Waals surface area (Å²) >= 11 is 6.46. The molecule has 1 aromatic carbocycles. The minimum absolute atomic E-state index is 0.173. The van der Waals surface area contributed by atoms with Gasteiger partial charge in [0.15, 0.2) is 5.82 Å². The molecule has 0 aliphatic heterocycles. The molecule has 0 spiro atoms. The van der Waals surface area contributed by atoms with Gasteiger partial charge in [-0.2, -0.15) is 0 Å². The van der Waals surface area contributed by atoms with Gasteiger partial charge in [-0.1, -0.05) is 12.1 Å². The summed E-state index contributed by atoms with van der Waals surface area (Å²) < 4.78 is 1.06. The maximum atomic E-state index is 12.2. The largest absolute Gasteiger partial charge is 0.399 e. The molecular formula is C13H12Br2N4O. The molecule has 1 aromatic heterocycles. The fourth-order valence-electron chi connectivity index (χ4n) is 1.64. The number of nitrogens with one attached hydrogen (secondary N) is 1. The average molecular weight is 400 g/mol. The van der Waals surface area contributed by atoms with Crippen LogP contribution in [0.25, 0.3) is 0 Å². The van der Waals surface area contributed by atoms with Gasteiger partial charge in [-0.3, -0.25) is 4.79 Å². The zero-order valence-electron chi connectivity index (χ0n) is 10.6. The van der Waals surface area contributed by atoms with Gasteiger partial charge in [0.25, 0.3) is 0 Å². The molecule has 0 radical (unpaired) electrons. The average Bonchev–Trinajstić information content (AvgIpc) is 2.41. The predicted octanol–water partition coefficient (Wildman–Crippen LogP) is 3.33. The van der Waals surface area contributed by atoms with Gasteiger partial charge in [0.05, 0.1) is 12.1 Å². The van der Waals surface area contributed by atoms with Crippen molar-refractivity contribution in [1.82, 2.24) is 9.97 Å². The SMILES string of the molecule is CC(C(=O)Nc1ncc(Br)nc1Br)c1cccc(N)c1. The first-order valence-electron chi connectivity index (χ1n) is 5.81. The molecule has 1 amide bonds. The number of hydrogen-bond donors (Lipinski definition) is 2. The highest BCUT2D eigenvalue weighted by Crippen LogP contribution is 2.23. The Morgan fingerprint density at radius 2 is 2.15 bits per heavy atom. The Labute approximate surface area is 133 Å². The summed E-state index contributed by atoms with van der Waals surface area (Å²) in [7, 11) is 0. The summed E-state index contributed by atoms with van der Waals surface area (Å²) in [4.78, 5) is 20.4. The molecule has 1 atom stereocenters. The highest BCUT2D eigenvalue weighted by Gasteiger charge is 2.17. The highest BCUT2D eigenvalue weighted by atomic mass is 79.9. The van der Waals surface area contributed by atoms with Crippen LogP contribution in [0, 0.1) is 0 Å². The fourth-order valence-corrected chi connectivity index (χ4v) is 2.55. The third kappa shape index (κ3) is 3.55. The smallest absolute Gasteiger partial charge is 0.232 e. The lowest BCUT2D eigenvalue weighted by molar-refractivity contribution is -0.117. The number of benzene rings is 1. The van der Waals surface area contributed by atoms with Crippen LogP contribution in [0.4, 0.5) is 11.5 Å². The fraction of sp³-hybridized carbons (Fsp3) is 0.154. The van der Waals surface area contributed by atoms with Gasteiger partial charge in [0.1, 0.15) is 9.21 Å². The number of carbonyl (C=O) groups excluding carboxylic acids is 1. The Hall–Kier alpha value is -1.47. The van der Waals surface area contributed by atoms with E-state index in [2.05, 4.69) is 47.1 Å². The number of hydrogen-bond acceptors (Lipinski definition) is 4. The van der Waals surface area contributed by atoms with Crippen molar-refractivity contribution >= 4 is 49.3 Å². The Morgan fingerprint density at radius 1 is 1.40 bits per heavy atom. The Balaban J connectivity index is 2.15. The molecule has 3 N–H and O–H groups in total. The van der Waals surface area contributed by atoms with Gasteiger partial charge in [0, 0.05) is 5.69 Å². The molecule has 2 aromatic rings.